The molecule has 0 saturated carbocycles. The molecule has 2 aromatic heterocycles. The Balaban J connectivity index is 1.56. The van der Waals surface area contributed by atoms with E-state index in [1.165, 1.54) is 44.1 Å². The fourth-order valence-corrected chi connectivity index (χ4v) is 6.36. The molecule has 0 unspecified atom stereocenters. The van der Waals surface area contributed by atoms with Crippen LogP contribution < -0.4 is 0 Å². The van der Waals surface area contributed by atoms with Crippen LogP contribution in [0.15, 0.2) is 108 Å². The lowest BCUT2D eigenvalue weighted by Gasteiger charge is -2.21. The first-order valence-electron chi connectivity index (χ1n) is 12.2. The largest absolute Gasteiger partial charge is 0.456 e. The topological polar surface area (TPSA) is 18.1 Å². The van der Waals surface area contributed by atoms with Crippen LogP contribution in [0, 0.1) is 0 Å². The number of furan rings is 1. The minimum absolute atomic E-state index is 0.0237. The van der Waals surface area contributed by atoms with E-state index in [2.05, 4.69) is 115 Å². The second-order valence-corrected chi connectivity index (χ2v) is 10.2. The van der Waals surface area contributed by atoms with Crippen LogP contribution in [-0.2, 0) is 5.41 Å². The van der Waals surface area contributed by atoms with Gasteiger partial charge in [0, 0.05) is 21.6 Å². The van der Waals surface area contributed by atoms with Gasteiger partial charge >= 0.3 is 0 Å². The summed E-state index contributed by atoms with van der Waals surface area (Å²) in [6.45, 7) is 4.70. The van der Waals surface area contributed by atoms with E-state index in [-0.39, 0.29) is 5.41 Å². The molecular weight excluding hydrogens is 426 g/mol. The predicted octanol–water partition coefficient (Wildman–Crippen LogP) is 8.99. The van der Waals surface area contributed by atoms with Crippen LogP contribution in [-0.4, -0.2) is 4.57 Å². The maximum Gasteiger partial charge on any atom is 0.137 e. The molecule has 2 heterocycles. The minimum atomic E-state index is -0.0237. The van der Waals surface area contributed by atoms with Gasteiger partial charge in [0.25, 0.3) is 0 Å². The van der Waals surface area contributed by atoms with Gasteiger partial charge in [-0.2, -0.15) is 0 Å². The van der Waals surface area contributed by atoms with Gasteiger partial charge in [0.2, 0.25) is 0 Å². The molecule has 0 atom stereocenters. The molecule has 0 saturated heterocycles. The van der Waals surface area contributed by atoms with Crippen LogP contribution in [0.1, 0.15) is 25.0 Å². The van der Waals surface area contributed by atoms with Gasteiger partial charge < -0.3 is 8.98 Å². The number of para-hydroxylation sites is 2. The zero-order valence-electron chi connectivity index (χ0n) is 19.7. The molecule has 35 heavy (non-hydrogen) atoms. The molecule has 0 N–H and O–H groups in total. The van der Waals surface area contributed by atoms with Gasteiger partial charge in [-0.25, -0.2) is 0 Å². The highest BCUT2D eigenvalue weighted by Crippen LogP contribution is 2.51. The van der Waals surface area contributed by atoms with Gasteiger partial charge in [-0.05, 0) is 58.7 Å². The van der Waals surface area contributed by atoms with Crippen molar-refractivity contribution in [3.8, 4) is 16.8 Å². The third-order valence-electron chi connectivity index (χ3n) is 8.00. The van der Waals surface area contributed by atoms with Crippen LogP contribution in [0.2, 0.25) is 0 Å². The zero-order chi connectivity index (χ0) is 23.3. The van der Waals surface area contributed by atoms with Crippen LogP contribution >= 0.6 is 0 Å². The van der Waals surface area contributed by atoms with Gasteiger partial charge in [0.05, 0.1) is 22.1 Å². The molecule has 0 fully saturated rings. The Bertz CT molecular complexity index is 1980. The van der Waals surface area contributed by atoms with Crippen molar-refractivity contribution in [2.45, 2.75) is 19.3 Å². The molecule has 0 amide bonds. The fourth-order valence-electron chi connectivity index (χ4n) is 6.36. The summed E-state index contributed by atoms with van der Waals surface area (Å²) in [4.78, 5) is 0. The summed E-state index contributed by atoms with van der Waals surface area (Å²) < 4.78 is 8.68. The van der Waals surface area contributed by atoms with Crippen molar-refractivity contribution in [2.75, 3.05) is 0 Å². The van der Waals surface area contributed by atoms with E-state index >= 15 is 0 Å². The second kappa shape index (κ2) is 6.43. The Morgan fingerprint density at radius 1 is 0.571 bits per heavy atom. The standard InChI is InChI=1S/C33H23NO/c1-33(2)25-13-6-3-10-20(25)23-19-29-24(18-26(23)33)21-11-4-7-14-27(21)34(29)28-15-9-17-31-32(28)22-12-5-8-16-30(22)35-31/h3-19H,1-2H3. The van der Waals surface area contributed by atoms with E-state index in [1.807, 2.05) is 6.07 Å². The number of nitrogens with zero attached hydrogens (tertiary/aromatic N) is 1. The van der Waals surface area contributed by atoms with Gasteiger partial charge in [-0.15, -0.1) is 0 Å². The number of fused-ring (bicyclic) bond motifs is 9. The average Bonchev–Trinajstić information content (AvgIpc) is 3.50. The van der Waals surface area contributed by atoms with Crippen molar-refractivity contribution in [3.63, 3.8) is 0 Å². The monoisotopic (exact) mass is 449 g/mol. The number of rotatable bonds is 1. The molecule has 8 rings (SSSR count). The fraction of sp³-hybridized carbons (Fsp3) is 0.0909. The van der Waals surface area contributed by atoms with Crippen molar-refractivity contribution in [1.29, 1.82) is 0 Å². The van der Waals surface area contributed by atoms with E-state index < -0.39 is 0 Å². The molecule has 5 aromatic carbocycles. The molecule has 0 bridgehead atoms. The Labute approximate surface area is 203 Å². The van der Waals surface area contributed by atoms with Crippen LogP contribution in [0.4, 0.5) is 0 Å². The average molecular weight is 450 g/mol. The van der Waals surface area contributed by atoms with E-state index in [1.54, 1.807) is 0 Å². The summed E-state index contributed by atoms with van der Waals surface area (Å²) in [5.41, 5.74) is 10.9. The first-order chi connectivity index (χ1) is 17.1. The summed E-state index contributed by atoms with van der Waals surface area (Å²) in [5.74, 6) is 0. The Morgan fingerprint density at radius 2 is 1.31 bits per heavy atom. The van der Waals surface area contributed by atoms with Gasteiger partial charge in [-0.1, -0.05) is 80.6 Å². The number of hydrogen-bond donors (Lipinski definition) is 0. The highest BCUT2D eigenvalue weighted by atomic mass is 16.3. The molecular formula is C33H23NO. The maximum atomic E-state index is 6.25. The summed E-state index contributed by atoms with van der Waals surface area (Å²) in [6, 6.07) is 37.2. The first-order valence-corrected chi connectivity index (χ1v) is 12.2. The number of benzene rings is 5. The van der Waals surface area contributed by atoms with Crippen molar-refractivity contribution < 1.29 is 4.42 Å². The van der Waals surface area contributed by atoms with E-state index in [9.17, 15) is 0 Å². The Morgan fingerprint density at radius 3 is 2.23 bits per heavy atom. The van der Waals surface area contributed by atoms with Crippen LogP contribution in [0.5, 0.6) is 0 Å². The summed E-state index contributed by atoms with van der Waals surface area (Å²) >= 11 is 0. The summed E-state index contributed by atoms with van der Waals surface area (Å²) in [7, 11) is 0. The molecule has 1 aliphatic rings. The minimum Gasteiger partial charge on any atom is -0.456 e. The highest BCUT2D eigenvalue weighted by molar-refractivity contribution is 6.15. The second-order valence-electron chi connectivity index (χ2n) is 10.2. The molecule has 0 radical (unpaired) electrons. The molecule has 166 valence electrons. The van der Waals surface area contributed by atoms with E-state index in [4.69, 9.17) is 4.42 Å². The SMILES string of the molecule is CC1(C)c2ccccc2-c2cc3c(cc21)c1ccccc1n3-c1cccc2oc3ccccc3c12. The van der Waals surface area contributed by atoms with Crippen LogP contribution in [0.3, 0.4) is 0 Å². The molecule has 0 spiro atoms. The molecule has 7 aromatic rings. The Hall–Kier alpha value is -4.30. The molecule has 0 aliphatic heterocycles. The lowest BCUT2D eigenvalue weighted by atomic mass is 9.82. The van der Waals surface area contributed by atoms with Crippen molar-refractivity contribution >= 4 is 43.7 Å². The van der Waals surface area contributed by atoms with Gasteiger partial charge in [0.15, 0.2) is 0 Å². The van der Waals surface area contributed by atoms with Crippen LogP contribution in [0.25, 0.3) is 60.6 Å². The van der Waals surface area contributed by atoms with Gasteiger partial charge in [-0.3, -0.25) is 0 Å². The quantitative estimate of drug-likeness (QED) is 0.244. The number of aromatic nitrogens is 1. The van der Waals surface area contributed by atoms with Crippen molar-refractivity contribution in [1.82, 2.24) is 4.57 Å². The van der Waals surface area contributed by atoms with Crippen molar-refractivity contribution in [3.05, 3.63) is 114 Å². The summed E-state index contributed by atoms with van der Waals surface area (Å²) in [5, 5.41) is 4.88. The van der Waals surface area contributed by atoms with Gasteiger partial charge in [0.1, 0.15) is 11.2 Å². The van der Waals surface area contributed by atoms with E-state index in [0.29, 0.717) is 0 Å². The molecule has 2 nitrogen and oxygen atoms in total. The molecule has 1 aliphatic carbocycles. The lowest BCUT2D eigenvalue weighted by molar-refractivity contribution is 0.661. The highest BCUT2D eigenvalue weighted by Gasteiger charge is 2.36. The third-order valence-corrected chi connectivity index (χ3v) is 8.00. The lowest BCUT2D eigenvalue weighted by Crippen LogP contribution is -2.14. The maximum absolute atomic E-state index is 6.25. The zero-order valence-corrected chi connectivity index (χ0v) is 19.7. The first kappa shape index (κ1) is 19.1. The van der Waals surface area contributed by atoms with E-state index in [0.717, 1.165) is 27.6 Å². The smallest absolute Gasteiger partial charge is 0.137 e. The summed E-state index contributed by atoms with van der Waals surface area (Å²) in [6.07, 6.45) is 0. The Kier molecular flexibility index (Phi) is 3.50. The number of hydrogen-bond acceptors (Lipinski definition) is 1. The predicted molar refractivity (Wildman–Crippen MR) is 146 cm³/mol. The van der Waals surface area contributed by atoms with Crippen molar-refractivity contribution in [2.24, 2.45) is 0 Å². The molecule has 2 heteroatoms. The third kappa shape index (κ3) is 2.34. The normalized spacial score (nSPS) is 14.2.